The van der Waals surface area contributed by atoms with Crippen LogP contribution in [0.1, 0.15) is 53.9 Å². The van der Waals surface area contributed by atoms with Gasteiger partial charge < -0.3 is 10.2 Å². The molecule has 0 radical (unpaired) electrons. The van der Waals surface area contributed by atoms with Crippen molar-refractivity contribution >= 4 is 28.3 Å². The fourth-order valence-electron chi connectivity index (χ4n) is 3.85. The summed E-state index contributed by atoms with van der Waals surface area (Å²) < 4.78 is 0. The number of nitrogens with zero attached hydrogens (tertiary/aromatic N) is 2. The predicted octanol–water partition coefficient (Wildman–Crippen LogP) is 4.14. The summed E-state index contributed by atoms with van der Waals surface area (Å²) >= 11 is 1.48. The van der Waals surface area contributed by atoms with E-state index in [9.17, 15) is 9.59 Å². The van der Waals surface area contributed by atoms with Gasteiger partial charge in [0.05, 0.1) is 10.6 Å². The highest BCUT2D eigenvalue weighted by Gasteiger charge is 2.39. The predicted molar refractivity (Wildman–Crippen MR) is 103 cm³/mol. The topological polar surface area (TPSA) is 62.3 Å². The molecule has 1 aromatic carbocycles. The van der Waals surface area contributed by atoms with Gasteiger partial charge in [0.25, 0.3) is 5.91 Å². The molecular weight excluding hydrogens is 346 g/mol. The first-order valence-corrected chi connectivity index (χ1v) is 9.86. The molecule has 1 saturated carbocycles. The molecule has 1 atom stereocenters. The molecule has 2 amide bonds. The normalized spacial score (nSPS) is 17.4. The Morgan fingerprint density at radius 2 is 2.08 bits per heavy atom. The number of amides is 2. The lowest BCUT2D eigenvalue weighted by molar-refractivity contribution is -0.114. The van der Waals surface area contributed by atoms with E-state index in [-0.39, 0.29) is 11.8 Å². The molecule has 1 aromatic heterocycles. The van der Waals surface area contributed by atoms with Gasteiger partial charge in [-0.25, -0.2) is 4.98 Å². The second-order valence-electron chi connectivity index (χ2n) is 7.45. The number of benzene rings is 1. The molecule has 0 saturated heterocycles. The molecule has 0 spiro atoms. The van der Waals surface area contributed by atoms with Gasteiger partial charge >= 0.3 is 0 Å². The number of rotatable bonds is 4. The lowest BCUT2D eigenvalue weighted by Gasteiger charge is -2.24. The number of hydrogen-bond acceptors (Lipinski definition) is 4. The molecule has 1 aliphatic carbocycles. The van der Waals surface area contributed by atoms with Crippen molar-refractivity contribution in [3.05, 3.63) is 34.5 Å². The number of anilines is 1. The maximum Gasteiger partial charge on any atom is 0.255 e. The Kier molecular flexibility index (Phi) is 4.10. The molecule has 2 aromatic rings. The molecule has 1 N–H and O–H groups in total. The van der Waals surface area contributed by atoms with E-state index in [4.69, 9.17) is 0 Å². The molecule has 136 valence electrons. The standard InChI is InChI=1S/C20H23N3O2S/c1-10-7-15(18-11(2)21-20(26-18)22-13(4)24)8-16-9-23(19(25)17(10)16)12(3)14-5-6-14/h7-8,12,14H,5-6,9H2,1-4H3,(H,21,22,24)/t12-/m0/s1. The van der Waals surface area contributed by atoms with Crippen molar-refractivity contribution in [2.24, 2.45) is 5.92 Å². The van der Waals surface area contributed by atoms with Crippen molar-refractivity contribution in [2.45, 2.75) is 53.1 Å². The van der Waals surface area contributed by atoms with Crippen LogP contribution in [0.5, 0.6) is 0 Å². The van der Waals surface area contributed by atoms with Gasteiger partial charge in [0.1, 0.15) is 0 Å². The first kappa shape index (κ1) is 17.2. The lowest BCUT2D eigenvalue weighted by Crippen LogP contribution is -2.34. The molecule has 4 rings (SSSR count). The number of hydrogen-bond donors (Lipinski definition) is 1. The zero-order valence-corrected chi connectivity index (χ0v) is 16.4. The van der Waals surface area contributed by atoms with Gasteiger partial charge in [-0.3, -0.25) is 9.59 Å². The third-order valence-corrected chi connectivity index (χ3v) is 6.49. The summed E-state index contributed by atoms with van der Waals surface area (Å²) in [6, 6.07) is 4.51. The van der Waals surface area contributed by atoms with Crippen molar-refractivity contribution in [3.63, 3.8) is 0 Å². The lowest BCUT2D eigenvalue weighted by atomic mass is 9.99. The molecule has 2 aliphatic rings. The maximum absolute atomic E-state index is 12.9. The quantitative estimate of drug-likeness (QED) is 0.881. The zero-order valence-electron chi connectivity index (χ0n) is 15.5. The van der Waals surface area contributed by atoms with Gasteiger partial charge in [-0.1, -0.05) is 11.3 Å². The third kappa shape index (κ3) is 2.92. The van der Waals surface area contributed by atoms with Crippen LogP contribution in [0, 0.1) is 19.8 Å². The Labute approximate surface area is 157 Å². The molecule has 6 heteroatoms. The minimum atomic E-state index is -0.120. The molecular formula is C20H23N3O2S. The Bertz CT molecular complexity index is 914. The highest BCUT2D eigenvalue weighted by Crippen LogP contribution is 2.41. The average molecular weight is 369 g/mol. The smallest absolute Gasteiger partial charge is 0.255 e. The van der Waals surface area contributed by atoms with Crippen molar-refractivity contribution in [1.82, 2.24) is 9.88 Å². The van der Waals surface area contributed by atoms with Crippen LogP contribution in [0.3, 0.4) is 0 Å². The third-order valence-electron chi connectivity index (χ3n) is 5.37. The molecule has 26 heavy (non-hydrogen) atoms. The van der Waals surface area contributed by atoms with Crippen LogP contribution in [0.2, 0.25) is 0 Å². The van der Waals surface area contributed by atoms with E-state index < -0.39 is 0 Å². The number of carbonyl (C=O) groups excluding carboxylic acids is 2. The Balaban J connectivity index is 1.69. The minimum absolute atomic E-state index is 0.120. The minimum Gasteiger partial charge on any atom is -0.331 e. The number of nitrogens with one attached hydrogen (secondary N) is 1. The van der Waals surface area contributed by atoms with Gasteiger partial charge in [0.2, 0.25) is 5.91 Å². The van der Waals surface area contributed by atoms with Gasteiger partial charge in [0.15, 0.2) is 5.13 Å². The molecule has 0 unspecified atom stereocenters. The number of thiazole rings is 1. The SMILES string of the molecule is CC(=O)Nc1nc(C)c(-c2cc(C)c3c(c2)CN([C@@H](C)C2CC2)C3=O)s1. The first-order chi connectivity index (χ1) is 12.3. The van der Waals surface area contributed by atoms with Crippen molar-refractivity contribution in [2.75, 3.05) is 5.32 Å². The zero-order chi connectivity index (χ0) is 18.6. The summed E-state index contributed by atoms with van der Waals surface area (Å²) in [4.78, 5) is 31.7. The molecule has 2 heterocycles. The highest BCUT2D eigenvalue weighted by atomic mass is 32.1. The van der Waals surface area contributed by atoms with E-state index in [0.29, 0.717) is 23.6 Å². The monoisotopic (exact) mass is 369 g/mol. The maximum atomic E-state index is 12.9. The van der Waals surface area contributed by atoms with Gasteiger partial charge in [-0.15, -0.1) is 0 Å². The van der Waals surface area contributed by atoms with Crippen LogP contribution in [0.15, 0.2) is 12.1 Å². The molecule has 0 bridgehead atoms. The van der Waals surface area contributed by atoms with Crippen LogP contribution >= 0.6 is 11.3 Å². The van der Waals surface area contributed by atoms with E-state index >= 15 is 0 Å². The molecule has 5 nitrogen and oxygen atoms in total. The summed E-state index contributed by atoms with van der Waals surface area (Å²) in [5.74, 6) is 0.714. The van der Waals surface area contributed by atoms with Crippen molar-refractivity contribution in [3.8, 4) is 10.4 Å². The molecule has 1 fully saturated rings. The average Bonchev–Trinajstić information content (AvgIpc) is 3.27. The second kappa shape index (κ2) is 6.20. The first-order valence-electron chi connectivity index (χ1n) is 9.05. The van der Waals surface area contributed by atoms with E-state index in [1.165, 1.54) is 31.1 Å². The van der Waals surface area contributed by atoms with Crippen molar-refractivity contribution < 1.29 is 9.59 Å². The Hall–Kier alpha value is -2.21. The number of fused-ring (bicyclic) bond motifs is 1. The van der Waals surface area contributed by atoms with Gasteiger partial charge in [-0.2, -0.15) is 0 Å². The highest BCUT2D eigenvalue weighted by molar-refractivity contribution is 7.19. The molecule has 1 aliphatic heterocycles. The fraction of sp³-hybridized carbons (Fsp3) is 0.450. The Morgan fingerprint density at radius 1 is 1.35 bits per heavy atom. The van der Waals surface area contributed by atoms with Crippen LogP contribution < -0.4 is 5.32 Å². The number of carbonyl (C=O) groups is 2. The van der Waals surface area contributed by atoms with Gasteiger partial charge in [-0.05, 0) is 68.4 Å². The summed E-state index contributed by atoms with van der Waals surface area (Å²) in [6.45, 7) is 8.31. The van der Waals surface area contributed by atoms with Crippen LogP contribution in [-0.4, -0.2) is 27.7 Å². The van der Waals surface area contributed by atoms with Crippen molar-refractivity contribution in [1.29, 1.82) is 0 Å². The van der Waals surface area contributed by atoms with Crippen LogP contribution in [-0.2, 0) is 11.3 Å². The largest absolute Gasteiger partial charge is 0.331 e. The van der Waals surface area contributed by atoms with E-state index in [0.717, 1.165) is 32.8 Å². The fourth-order valence-corrected chi connectivity index (χ4v) is 4.85. The summed E-state index contributed by atoms with van der Waals surface area (Å²) in [5.41, 5.74) is 4.95. The number of aryl methyl sites for hydroxylation is 2. The van der Waals surface area contributed by atoms with E-state index in [1.807, 2.05) is 18.7 Å². The van der Waals surface area contributed by atoms with Crippen LogP contribution in [0.4, 0.5) is 5.13 Å². The summed E-state index contributed by atoms with van der Waals surface area (Å²) in [7, 11) is 0. The second-order valence-corrected chi connectivity index (χ2v) is 8.45. The number of aromatic nitrogens is 1. The van der Waals surface area contributed by atoms with Crippen LogP contribution in [0.25, 0.3) is 10.4 Å². The van der Waals surface area contributed by atoms with E-state index in [1.54, 1.807) is 0 Å². The summed E-state index contributed by atoms with van der Waals surface area (Å²) in [6.07, 6.45) is 2.47. The van der Waals surface area contributed by atoms with Gasteiger partial charge in [0, 0.05) is 25.1 Å². The summed E-state index contributed by atoms with van der Waals surface area (Å²) in [5, 5.41) is 3.37. The Morgan fingerprint density at radius 3 is 2.73 bits per heavy atom. The van der Waals surface area contributed by atoms with E-state index in [2.05, 4.69) is 29.4 Å².